The zero-order valence-corrected chi connectivity index (χ0v) is 20.2. The van der Waals surface area contributed by atoms with Crippen LogP contribution < -0.4 is 21.3 Å². The summed E-state index contributed by atoms with van der Waals surface area (Å²) in [6.45, 7) is 2.06. The van der Waals surface area contributed by atoms with Gasteiger partial charge in [0.1, 0.15) is 6.10 Å². The summed E-state index contributed by atoms with van der Waals surface area (Å²) in [5.41, 5.74) is 0.132. The van der Waals surface area contributed by atoms with Crippen molar-refractivity contribution in [3.05, 3.63) is 47.5 Å². The van der Waals surface area contributed by atoms with Crippen LogP contribution in [-0.4, -0.2) is 87.5 Å². The van der Waals surface area contributed by atoms with Gasteiger partial charge in [0.05, 0.1) is 24.7 Å². The molecule has 4 heterocycles. The molecule has 0 saturated carbocycles. The molecule has 6 rings (SSSR count). The van der Waals surface area contributed by atoms with Gasteiger partial charge in [0.25, 0.3) is 5.91 Å². The van der Waals surface area contributed by atoms with Gasteiger partial charge in [-0.2, -0.15) is 0 Å². The number of likely N-dealkylation sites (tertiary alicyclic amines) is 1. The van der Waals surface area contributed by atoms with Gasteiger partial charge in [0.2, 0.25) is 11.8 Å². The number of carbonyl (C=O) groups excluding carboxylic acids is 3. The van der Waals surface area contributed by atoms with Crippen molar-refractivity contribution >= 4 is 40.4 Å². The maximum absolute atomic E-state index is 13.5. The van der Waals surface area contributed by atoms with Crippen LogP contribution in [0, 0.1) is 17.7 Å². The summed E-state index contributed by atoms with van der Waals surface area (Å²) in [7, 11) is 0. The Kier molecular flexibility index (Phi) is 5.13. The Labute approximate surface area is 212 Å². The van der Waals surface area contributed by atoms with Crippen LogP contribution in [0.15, 0.2) is 36.4 Å². The number of hydrogen-bond acceptors (Lipinski definition) is 6. The third-order valence-electron chi connectivity index (χ3n) is 7.96. The molecular formula is C25H28N8O4. The molecule has 2 aromatic rings. The number of aryl methyl sites for hydroxylation is 1. The number of nitrogens with zero attached hydrogens (tertiary/aromatic N) is 2. The molecule has 0 aliphatic carbocycles. The summed E-state index contributed by atoms with van der Waals surface area (Å²) in [4.78, 5) is 40.7. The normalized spacial score (nSPS) is 30.6. The van der Waals surface area contributed by atoms with E-state index in [0.717, 1.165) is 16.3 Å². The number of rotatable bonds is 4. The third-order valence-corrected chi connectivity index (χ3v) is 7.96. The molecule has 3 unspecified atom stereocenters. The van der Waals surface area contributed by atoms with Crippen molar-refractivity contribution in [3.8, 4) is 0 Å². The highest BCUT2D eigenvalue weighted by Gasteiger charge is 2.67. The van der Waals surface area contributed by atoms with Crippen LogP contribution >= 0.6 is 0 Å². The van der Waals surface area contributed by atoms with Crippen molar-refractivity contribution in [2.75, 3.05) is 13.1 Å². The second-order valence-corrected chi connectivity index (χ2v) is 10.1. The number of imide groups is 1. The first-order chi connectivity index (χ1) is 17.7. The summed E-state index contributed by atoms with van der Waals surface area (Å²) in [6, 6.07) is 9.27. The Morgan fingerprint density at radius 3 is 2.57 bits per heavy atom. The highest BCUT2D eigenvalue weighted by Crippen LogP contribution is 2.38. The largest absolute Gasteiger partial charge is 0.386 e. The van der Waals surface area contributed by atoms with Crippen molar-refractivity contribution in [2.24, 2.45) is 0 Å². The van der Waals surface area contributed by atoms with Crippen molar-refractivity contribution < 1.29 is 19.5 Å². The summed E-state index contributed by atoms with van der Waals surface area (Å²) in [5.74, 6) is -0.980. The van der Waals surface area contributed by atoms with Gasteiger partial charge in [-0.15, -0.1) is 0 Å². The quantitative estimate of drug-likeness (QED) is 0.264. The van der Waals surface area contributed by atoms with Crippen LogP contribution in [0.25, 0.3) is 10.8 Å². The molecule has 0 radical (unpaired) electrons. The lowest BCUT2D eigenvalue weighted by atomic mass is 9.87. The van der Waals surface area contributed by atoms with E-state index in [1.54, 1.807) is 11.0 Å². The fourth-order valence-electron chi connectivity index (χ4n) is 6.27. The zero-order chi connectivity index (χ0) is 26.1. The molecule has 7 N–H and O–H groups in total. The number of aliphatic hydroxyl groups excluding tert-OH is 1. The number of fused-ring (bicyclic) bond motifs is 1. The maximum atomic E-state index is 13.5. The number of guanidine groups is 2. The number of nitrogens with one attached hydrogen (secondary N) is 6. The fourth-order valence-corrected chi connectivity index (χ4v) is 6.27. The number of aliphatic hydroxyl groups is 1. The lowest BCUT2D eigenvalue weighted by Crippen LogP contribution is -2.78. The second kappa shape index (κ2) is 8.17. The van der Waals surface area contributed by atoms with Gasteiger partial charge in [-0.05, 0) is 29.3 Å². The van der Waals surface area contributed by atoms with Crippen molar-refractivity contribution in [1.29, 1.82) is 10.8 Å². The summed E-state index contributed by atoms with van der Waals surface area (Å²) in [5, 5.41) is 42.3. The van der Waals surface area contributed by atoms with Crippen LogP contribution in [0.1, 0.15) is 28.8 Å². The minimum absolute atomic E-state index is 0.00128. The topological polar surface area (TPSA) is 174 Å². The third kappa shape index (κ3) is 3.35. The SMILES string of the molecule is Cc1cccc2cccc(C(=O)N[C@H]3CN4C(=N)NC(CN5C(=O)CCC5=O)C5NC(=N)NC54[C@@H]3O)c12. The van der Waals surface area contributed by atoms with E-state index in [2.05, 4.69) is 21.3 Å². The molecule has 4 aliphatic heterocycles. The van der Waals surface area contributed by atoms with Crippen LogP contribution in [0.5, 0.6) is 0 Å². The molecule has 4 aliphatic rings. The Bertz CT molecular complexity index is 1360. The first kappa shape index (κ1) is 23.2. The van der Waals surface area contributed by atoms with E-state index < -0.39 is 29.9 Å². The number of amides is 3. The maximum Gasteiger partial charge on any atom is 0.252 e. The molecule has 12 nitrogen and oxygen atoms in total. The first-order valence-electron chi connectivity index (χ1n) is 12.3. The lowest BCUT2D eigenvalue weighted by molar-refractivity contribution is -0.139. The van der Waals surface area contributed by atoms with Gasteiger partial charge in [-0.3, -0.25) is 30.1 Å². The lowest BCUT2D eigenvalue weighted by Gasteiger charge is -2.49. The minimum atomic E-state index is -1.32. The van der Waals surface area contributed by atoms with E-state index in [1.807, 2.05) is 37.3 Å². The van der Waals surface area contributed by atoms with Gasteiger partial charge < -0.3 is 31.3 Å². The number of benzene rings is 2. The molecule has 12 heteroatoms. The highest BCUT2D eigenvalue weighted by atomic mass is 16.3. The van der Waals surface area contributed by atoms with E-state index >= 15 is 0 Å². The molecule has 0 bridgehead atoms. The minimum Gasteiger partial charge on any atom is -0.386 e. The van der Waals surface area contributed by atoms with Crippen molar-refractivity contribution in [1.82, 2.24) is 31.1 Å². The smallest absolute Gasteiger partial charge is 0.252 e. The summed E-state index contributed by atoms with van der Waals surface area (Å²) >= 11 is 0. The molecule has 4 fully saturated rings. The molecule has 4 saturated heterocycles. The van der Waals surface area contributed by atoms with Crippen molar-refractivity contribution in [3.63, 3.8) is 0 Å². The van der Waals surface area contributed by atoms with Crippen LogP contribution in [0.2, 0.25) is 0 Å². The molecule has 192 valence electrons. The van der Waals surface area contributed by atoms with E-state index in [1.165, 1.54) is 4.90 Å². The average molecular weight is 505 g/mol. The van der Waals surface area contributed by atoms with Gasteiger partial charge in [-0.25, -0.2) is 0 Å². The molecule has 0 aromatic heterocycles. The van der Waals surface area contributed by atoms with E-state index in [9.17, 15) is 19.5 Å². The molecule has 3 amide bonds. The molecule has 2 aromatic carbocycles. The summed E-state index contributed by atoms with van der Waals surface area (Å²) < 4.78 is 0. The van der Waals surface area contributed by atoms with Gasteiger partial charge in [0, 0.05) is 24.9 Å². The van der Waals surface area contributed by atoms with Crippen LogP contribution in [0.4, 0.5) is 0 Å². The zero-order valence-electron chi connectivity index (χ0n) is 20.2. The Hall–Kier alpha value is -4.19. The molecular weight excluding hydrogens is 476 g/mol. The van der Waals surface area contributed by atoms with Crippen molar-refractivity contribution in [2.45, 2.75) is 49.7 Å². The Morgan fingerprint density at radius 2 is 1.84 bits per heavy atom. The standard InChI is InChI=1S/C25H28N8O4/c1-12-4-2-5-13-6-3-7-14(19(12)13)22(37)28-16-11-33-24(27)29-15(10-32-17(34)8-9-18(32)35)20-25(33,21(16)36)31-23(26)30-20/h2-7,15-16,20-21,36H,8-11H2,1H3,(H2,27,29)(H,28,37)(H3,26,30,31)/t15?,16-,20?,21+,25?/m0/s1. The predicted octanol–water partition coefficient (Wildman–Crippen LogP) is -0.829. The van der Waals surface area contributed by atoms with E-state index in [0.29, 0.717) is 5.56 Å². The van der Waals surface area contributed by atoms with Gasteiger partial charge >= 0.3 is 0 Å². The Balaban J connectivity index is 1.30. The Morgan fingerprint density at radius 1 is 1.14 bits per heavy atom. The molecule has 1 spiro atoms. The van der Waals surface area contributed by atoms with Gasteiger partial charge in [0.15, 0.2) is 17.6 Å². The highest BCUT2D eigenvalue weighted by molar-refractivity contribution is 6.08. The number of hydrogen-bond donors (Lipinski definition) is 7. The molecule has 37 heavy (non-hydrogen) atoms. The second-order valence-electron chi connectivity index (χ2n) is 10.1. The summed E-state index contributed by atoms with van der Waals surface area (Å²) in [6.07, 6.45) is -0.907. The van der Waals surface area contributed by atoms with Gasteiger partial charge in [-0.1, -0.05) is 30.3 Å². The van der Waals surface area contributed by atoms with E-state index in [-0.39, 0.29) is 55.6 Å². The average Bonchev–Trinajstić information content (AvgIpc) is 3.48. The van der Waals surface area contributed by atoms with E-state index in [4.69, 9.17) is 10.8 Å². The van der Waals surface area contributed by atoms with Crippen LogP contribution in [0.3, 0.4) is 0 Å². The first-order valence-corrected chi connectivity index (χ1v) is 12.3. The molecule has 5 atom stereocenters. The number of carbonyl (C=O) groups is 3. The monoisotopic (exact) mass is 504 g/mol. The fraction of sp³-hybridized carbons (Fsp3) is 0.400. The predicted molar refractivity (Wildman–Crippen MR) is 134 cm³/mol. The van der Waals surface area contributed by atoms with Crippen LogP contribution in [-0.2, 0) is 9.59 Å².